The maximum Gasteiger partial charge on any atom is 0.364 e. The van der Waals surface area contributed by atoms with E-state index in [1.807, 2.05) is 29.2 Å². The molecule has 0 amide bonds. The normalized spacial score (nSPS) is 26.2. The number of carbonyl (C=O) groups is 1. The van der Waals surface area contributed by atoms with Crippen LogP contribution in [0.4, 0.5) is 0 Å². The van der Waals surface area contributed by atoms with Gasteiger partial charge in [0.25, 0.3) is 5.72 Å². The molecule has 1 N–H and O–H groups in total. The number of hydrogen-bond acceptors (Lipinski definition) is 4. The molecule has 1 atom stereocenters. The van der Waals surface area contributed by atoms with Gasteiger partial charge in [-0.2, -0.15) is 0 Å². The molecule has 0 aromatic heterocycles. The van der Waals surface area contributed by atoms with Crippen molar-refractivity contribution in [2.75, 3.05) is 32.7 Å². The summed E-state index contributed by atoms with van der Waals surface area (Å²) in [6.07, 6.45) is 2.39. The number of para-hydroxylation sites is 1. The van der Waals surface area contributed by atoms with E-state index in [0.717, 1.165) is 51.1 Å². The monoisotopic (exact) mass is 304 g/mol. The van der Waals surface area contributed by atoms with Crippen molar-refractivity contribution >= 4 is 5.97 Å². The highest BCUT2D eigenvalue weighted by molar-refractivity contribution is 5.78. The third kappa shape index (κ3) is 2.71. The van der Waals surface area contributed by atoms with Gasteiger partial charge in [-0.25, -0.2) is 4.79 Å². The van der Waals surface area contributed by atoms with Crippen LogP contribution in [0.15, 0.2) is 24.3 Å². The largest absolute Gasteiger partial charge is 0.477 e. The number of carboxylic acid groups (broad SMARTS) is 1. The Morgan fingerprint density at radius 2 is 2.00 bits per heavy atom. The molecule has 120 valence electrons. The number of fused-ring (bicyclic) bond motifs is 1. The Bertz CT molecular complexity index is 540. The molecule has 5 nitrogen and oxygen atoms in total. The summed E-state index contributed by atoms with van der Waals surface area (Å²) in [5.74, 6) is -0.155. The van der Waals surface area contributed by atoms with Crippen LogP contribution in [-0.2, 0) is 11.2 Å². The standard InChI is InChI=1S/C17H24N2O3/c1-2-9-18-10-12-19(13-11-18)17(16(20)21)8-7-14-5-3-4-6-15(14)22-17/h3-6H,2,7-13H2,1H3,(H,20,21). The second-order valence-corrected chi connectivity index (χ2v) is 6.13. The average Bonchev–Trinajstić information content (AvgIpc) is 2.55. The Morgan fingerprint density at radius 1 is 1.27 bits per heavy atom. The van der Waals surface area contributed by atoms with Crippen LogP contribution in [0.25, 0.3) is 0 Å². The molecule has 2 heterocycles. The fourth-order valence-electron chi connectivity index (χ4n) is 3.50. The van der Waals surface area contributed by atoms with Gasteiger partial charge in [-0.1, -0.05) is 25.1 Å². The summed E-state index contributed by atoms with van der Waals surface area (Å²) in [5, 5.41) is 9.86. The molecule has 0 radical (unpaired) electrons. The molecule has 0 aliphatic carbocycles. The number of hydrogen-bond donors (Lipinski definition) is 1. The summed E-state index contributed by atoms with van der Waals surface area (Å²) < 4.78 is 6.02. The van der Waals surface area contributed by atoms with E-state index >= 15 is 0 Å². The van der Waals surface area contributed by atoms with Crippen LogP contribution in [0.3, 0.4) is 0 Å². The van der Waals surface area contributed by atoms with E-state index < -0.39 is 11.7 Å². The van der Waals surface area contributed by atoms with Crippen LogP contribution in [0.1, 0.15) is 25.3 Å². The zero-order chi connectivity index (χ0) is 15.6. The number of aryl methyl sites for hydroxylation is 1. The van der Waals surface area contributed by atoms with E-state index in [1.165, 1.54) is 0 Å². The molecular weight excluding hydrogens is 280 g/mol. The summed E-state index contributed by atoms with van der Waals surface area (Å²) in [7, 11) is 0. The Hall–Kier alpha value is -1.59. The van der Waals surface area contributed by atoms with Crippen molar-refractivity contribution in [1.29, 1.82) is 0 Å². The molecule has 1 unspecified atom stereocenters. The number of piperazine rings is 1. The molecule has 1 aromatic carbocycles. The first kappa shape index (κ1) is 15.3. The number of rotatable bonds is 4. The molecule has 1 fully saturated rings. The van der Waals surface area contributed by atoms with Gasteiger partial charge in [0, 0.05) is 32.6 Å². The fourth-order valence-corrected chi connectivity index (χ4v) is 3.50. The van der Waals surface area contributed by atoms with Crippen molar-refractivity contribution in [3.63, 3.8) is 0 Å². The SMILES string of the molecule is CCCN1CCN(C2(C(=O)O)CCc3ccccc3O2)CC1. The van der Waals surface area contributed by atoms with Gasteiger partial charge < -0.3 is 14.7 Å². The first-order valence-corrected chi connectivity index (χ1v) is 8.13. The second kappa shape index (κ2) is 6.26. The van der Waals surface area contributed by atoms with Gasteiger partial charge in [0.2, 0.25) is 0 Å². The topological polar surface area (TPSA) is 53.0 Å². The van der Waals surface area contributed by atoms with E-state index in [-0.39, 0.29) is 0 Å². The molecule has 3 rings (SSSR count). The molecular formula is C17H24N2O3. The van der Waals surface area contributed by atoms with Crippen molar-refractivity contribution in [2.45, 2.75) is 31.9 Å². The van der Waals surface area contributed by atoms with E-state index in [2.05, 4.69) is 11.8 Å². The highest BCUT2D eigenvalue weighted by Crippen LogP contribution is 2.36. The van der Waals surface area contributed by atoms with Gasteiger partial charge >= 0.3 is 5.97 Å². The Balaban J connectivity index is 1.78. The lowest BCUT2D eigenvalue weighted by Crippen LogP contribution is -2.64. The number of carboxylic acids is 1. The van der Waals surface area contributed by atoms with Crippen LogP contribution < -0.4 is 4.74 Å². The quantitative estimate of drug-likeness (QED) is 0.919. The van der Waals surface area contributed by atoms with Crippen molar-refractivity contribution < 1.29 is 14.6 Å². The van der Waals surface area contributed by atoms with Gasteiger partial charge in [0.05, 0.1) is 0 Å². The minimum absolute atomic E-state index is 0.507. The Kier molecular flexibility index (Phi) is 4.36. The van der Waals surface area contributed by atoms with Gasteiger partial charge in [0.1, 0.15) is 5.75 Å². The zero-order valence-corrected chi connectivity index (χ0v) is 13.1. The van der Waals surface area contributed by atoms with E-state index in [1.54, 1.807) is 0 Å². The predicted molar refractivity (Wildman–Crippen MR) is 84.1 cm³/mol. The summed E-state index contributed by atoms with van der Waals surface area (Å²) in [6.45, 7) is 6.56. The maximum absolute atomic E-state index is 12.0. The third-order valence-electron chi connectivity index (χ3n) is 4.74. The highest BCUT2D eigenvalue weighted by Gasteiger charge is 2.49. The lowest BCUT2D eigenvalue weighted by molar-refractivity contribution is -0.183. The van der Waals surface area contributed by atoms with Crippen LogP contribution in [0, 0.1) is 0 Å². The number of nitrogens with zero attached hydrogens (tertiary/aromatic N) is 2. The van der Waals surface area contributed by atoms with Gasteiger partial charge in [-0.3, -0.25) is 4.90 Å². The van der Waals surface area contributed by atoms with Crippen LogP contribution in [-0.4, -0.2) is 59.3 Å². The first-order chi connectivity index (χ1) is 10.7. The molecule has 22 heavy (non-hydrogen) atoms. The molecule has 1 aromatic rings. The minimum atomic E-state index is -1.20. The number of benzene rings is 1. The van der Waals surface area contributed by atoms with Gasteiger partial charge in [-0.15, -0.1) is 0 Å². The van der Waals surface area contributed by atoms with E-state index in [4.69, 9.17) is 4.74 Å². The third-order valence-corrected chi connectivity index (χ3v) is 4.74. The molecule has 2 aliphatic heterocycles. The van der Waals surface area contributed by atoms with Gasteiger partial charge in [-0.05, 0) is 31.0 Å². The predicted octanol–water partition coefficient (Wildman–Crippen LogP) is 1.82. The fraction of sp³-hybridized carbons (Fsp3) is 0.588. The smallest absolute Gasteiger partial charge is 0.364 e. The van der Waals surface area contributed by atoms with Gasteiger partial charge in [0.15, 0.2) is 0 Å². The lowest BCUT2D eigenvalue weighted by Gasteiger charge is -2.46. The summed E-state index contributed by atoms with van der Waals surface area (Å²) in [5.41, 5.74) is -0.101. The molecule has 0 spiro atoms. The molecule has 1 saturated heterocycles. The Morgan fingerprint density at radius 3 is 2.68 bits per heavy atom. The zero-order valence-electron chi connectivity index (χ0n) is 13.1. The second-order valence-electron chi connectivity index (χ2n) is 6.13. The van der Waals surface area contributed by atoms with Crippen LogP contribution in [0.2, 0.25) is 0 Å². The average molecular weight is 304 g/mol. The lowest BCUT2D eigenvalue weighted by atomic mass is 9.95. The highest BCUT2D eigenvalue weighted by atomic mass is 16.5. The minimum Gasteiger partial charge on any atom is -0.477 e. The maximum atomic E-state index is 12.0. The van der Waals surface area contributed by atoms with Crippen LogP contribution in [0.5, 0.6) is 5.75 Å². The summed E-state index contributed by atoms with van der Waals surface area (Å²) in [6, 6.07) is 7.76. The number of ether oxygens (including phenoxy) is 1. The first-order valence-electron chi connectivity index (χ1n) is 8.13. The summed E-state index contributed by atoms with van der Waals surface area (Å²) >= 11 is 0. The molecule has 0 bridgehead atoms. The van der Waals surface area contributed by atoms with Crippen molar-refractivity contribution in [3.8, 4) is 5.75 Å². The Labute approximate surface area is 131 Å². The van der Waals surface area contributed by atoms with Crippen LogP contribution >= 0.6 is 0 Å². The van der Waals surface area contributed by atoms with Crippen molar-refractivity contribution in [2.24, 2.45) is 0 Å². The molecule has 5 heteroatoms. The van der Waals surface area contributed by atoms with Crippen molar-refractivity contribution in [1.82, 2.24) is 9.80 Å². The number of aliphatic carboxylic acids is 1. The van der Waals surface area contributed by atoms with E-state index in [9.17, 15) is 9.90 Å². The molecule has 2 aliphatic rings. The summed E-state index contributed by atoms with van der Waals surface area (Å²) in [4.78, 5) is 16.4. The molecule has 0 saturated carbocycles. The van der Waals surface area contributed by atoms with E-state index in [0.29, 0.717) is 12.2 Å². The van der Waals surface area contributed by atoms with Crippen molar-refractivity contribution in [3.05, 3.63) is 29.8 Å².